The Kier molecular flexibility index (Phi) is 7.83. The maximum atomic E-state index is 12.5. The van der Waals surface area contributed by atoms with E-state index in [1.54, 1.807) is 12.1 Å². The van der Waals surface area contributed by atoms with E-state index < -0.39 is 12.1 Å². The van der Waals surface area contributed by atoms with Crippen molar-refractivity contribution in [2.45, 2.75) is 50.7 Å². The van der Waals surface area contributed by atoms with Crippen molar-refractivity contribution in [1.82, 2.24) is 10.6 Å². The molecular formula is C23H28N2O6. The summed E-state index contributed by atoms with van der Waals surface area (Å²) >= 11 is 0. The van der Waals surface area contributed by atoms with Crippen molar-refractivity contribution in [3.63, 3.8) is 0 Å². The largest absolute Gasteiger partial charge is 0.483 e. The third-order valence-corrected chi connectivity index (χ3v) is 5.74. The van der Waals surface area contributed by atoms with Crippen molar-refractivity contribution in [3.8, 4) is 0 Å². The Hall–Kier alpha value is -3.13. The van der Waals surface area contributed by atoms with Gasteiger partial charge in [-0.3, -0.25) is 14.4 Å². The third kappa shape index (κ3) is 5.95. The van der Waals surface area contributed by atoms with Gasteiger partial charge in [0.25, 0.3) is 12.4 Å². The third-order valence-electron chi connectivity index (χ3n) is 5.74. The molecule has 0 spiro atoms. The molecule has 4 N–H and O–H groups in total. The first-order chi connectivity index (χ1) is 15.0. The molecule has 0 aliphatic heterocycles. The molecule has 8 heteroatoms. The fourth-order valence-electron chi connectivity index (χ4n) is 4.13. The molecule has 31 heavy (non-hydrogen) atoms. The van der Waals surface area contributed by atoms with Crippen LogP contribution in [0.2, 0.25) is 0 Å². The summed E-state index contributed by atoms with van der Waals surface area (Å²) in [6, 6.07) is 8.65. The lowest BCUT2D eigenvalue weighted by atomic mass is 9.99. The molecule has 166 valence electrons. The highest BCUT2D eigenvalue weighted by molar-refractivity contribution is 5.96. The summed E-state index contributed by atoms with van der Waals surface area (Å²) in [5.41, 5.74) is 1.93. The van der Waals surface area contributed by atoms with Crippen LogP contribution in [-0.4, -0.2) is 47.2 Å². The van der Waals surface area contributed by atoms with Gasteiger partial charge in [-0.15, -0.1) is 0 Å². The predicted octanol–water partition coefficient (Wildman–Crippen LogP) is 2.62. The summed E-state index contributed by atoms with van der Waals surface area (Å²) in [6.45, 7) is 0.335. The van der Waals surface area contributed by atoms with Crippen molar-refractivity contribution >= 4 is 29.3 Å². The van der Waals surface area contributed by atoms with E-state index in [4.69, 9.17) is 14.3 Å². The van der Waals surface area contributed by atoms with Crippen LogP contribution in [0.4, 0.5) is 0 Å². The van der Waals surface area contributed by atoms with Gasteiger partial charge in [0, 0.05) is 17.8 Å². The zero-order chi connectivity index (χ0) is 22.2. The van der Waals surface area contributed by atoms with Gasteiger partial charge in [0.2, 0.25) is 5.91 Å². The number of amides is 2. The van der Waals surface area contributed by atoms with Crippen LogP contribution in [0.3, 0.4) is 0 Å². The van der Waals surface area contributed by atoms with Gasteiger partial charge >= 0.3 is 0 Å². The second-order valence-electron chi connectivity index (χ2n) is 7.90. The average Bonchev–Trinajstić information content (AvgIpc) is 3.37. The monoisotopic (exact) mass is 428 g/mol. The Morgan fingerprint density at radius 3 is 2.68 bits per heavy atom. The molecule has 1 fully saturated rings. The fourth-order valence-corrected chi connectivity index (χ4v) is 4.13. The summed E-state index contributed by atoms with van der Waals surface area (Å²) < 4.78 is 5.58. The first-order valence-electron chi connectivity index (χ1n) is 10.5. The van der Waals surface area contributed by atoms with Gasteiger partial charge in [-0.25, -0.2) is 0 Å². The lowest BCUT2D eigenvalue weighted by Crippen LogP contribution is -2.40. The van der Waals surface area contributed by atoms with E-state index in [0.29, 0.717) is 25.0 Å². The minimum atomic E-state index is -0.738. The first-order valence-corrected chi connectivity index (χ1v) is 10.5. The number of benzene rings is 1. The highest BCUT2D eigenvalue weighted by Crippen LogP contribution is 2.27. The summed E-state index contributed by atoms with van der Waals surface area (Å²) in [5.74, 6) is -0.495. The number of para-hydroxylation sites is 1. The smallest absolute Gasteiger partial charge is 0.290 e. The molecule has 0 bridgehead atoms. The number of fused-ring (bicyclic) bond motifs is 1. The van der Waals surface area contributed by atoms with Crippen LogP contribution in [0.15, 0.2) is 46.4 Å². The molecule has 1 heterocycles. The number of furan rings is 1. The topological polar surface area (TPSA) is 129 Å². The second kappa shape index (κ2) is 10.8. The summed E-state index contributed by atoms with van der Waals surface area (Å²) in [4.78, 5) is 33.3. The van der Waals surface area contributed by atoms with E-state index in [-0.39, 0.29) is 30.0 Å². The Balaban J connectivity index is 0.000000858. The van der Waals surface area contributed by atoms with Gasteiger partial charge in [-0.2, -0.15) is 0 Å². The maximum absolute atomic E-state index is 12.5. The van der Waals surface area contributed by atoms with Gasteiger partial charge in [0.1, 0.15) is 5.58 Å². The Bertz CT molecular complexity index is 917. The predicted molar refractivity (Wildman–Crippen MR) is 114 cm³/mol. The molecule has 2 aliphatic carbocycles. The van der Waals surface area contributed by atoms with E-state index in [2.05, 4.69) is 16.7 Å². The van der Waals surface area contributed by atoms with E-state index >= 15 is 0 Å². The van der Waals surface area contributed by atoms with E-state index in [1.165, 1.54) is 18.4 Å². The van der Waals surface area contributed by atoms with Gasteiger partial charge < -0.3 is 25.3 Å². The molecule has 1 saturated carbocycles. The number of rotatable bonds is 5. The highest BCUT2D eigenvalue weighted by Gasteiger charge is 2.38. The minimum Gasteiger partial charge on any atom is -0.483 e. The molecule has 2 amide bonds. The first kappa shape index (κ1) is 22.6. The standard InChI is InChI=1S/C22H26N2O4.CH2O2/c25-18-11-16(21(26)23-13-14-6-2-1-3-7-14)10-17(18)24-22(27)20-12-15-8-4-5-9-19(15)28-20;2-1-3/h4-6,8-9,12,16-18,25H,1-3,7,10-11,13H2,(H,23,26)(H,24,27);1H,(H,2,3)/t16-,17+,18+;/m0./s1. The van der Waals surface area contributed by atoms with Crippen LogP contribution >= 0.6 is 0 Å². The van der Waals surface area contributed by atoms with Crippen LogP contribution in [0, 0.1) is 5.92 Å². The molecule has 8 nitrogen and oxygen atoms in total. The SMILES string of the molecule is O=C(N[C@@H]1C[C@H](C(=O)NCC2=CCCCC2)C[C@H]1O)c1cc2ccccc2o1.O=CO. The summed E-state index contributed by atoms with van der Waals surface area (Å²) in [7, 11) is 0. The van der Waals surface area contributed by atoms with E-state index in [1.807, 2.05) is 18.2 Å². The average molecular weight is 428 g/mol. The summed E-state index contributed by atoms with van der Waals surface area (Å²) in [6.07, 6.45) is 6.79. The van der Waals surface area contributed by atoms with Crippen LogP contribution in [0.5, 0.6) is 0 Å². The molecule has 4 rings (SSSR count). The number of nitrogens with one attached hydrogen (secondary N) is 2. The number of hydrogen-bond donors (Lipinski definition) is 4. The minimum absolute atomic E-state index is 0.0500. The van der Waals surface area contributed by atoms with Crippen molar-refractivity contribution < 1.29 is 29.0 Å². The Morgan fingerprint density at radius 2 is 1.97 bits per heavy atom. The van der Waals surface area contributed by atoms with Crippen molar-refractivity contribution in [2.75, 3.05) is 6.54 Å². The zero-order valence-corrected chi connectivity index (χ0v) is 17.3. The van der Waals surface area contributed by atoms with Gasteiger partial charge in [0.15, 0.2) is 5.76 Å². The van der Waals surface area contributed by atoms with Crippen molar-refractivity contribution in [1.29, 1.82) is 0 Å². The van der Waals surface area contributed by atoms with E-state index in [0.717, 1.165) is 18.2 Å². The Labute approximate surface area is 180 Å². The van der Waals surface area contributed by atoms with Crippen LogP contribution in [0.1, 0.15) is 49.1 Å². The van der Waals surface area contributed by atoms with E-state index in [9.17, 15) is 14.7 Å². The number of hydrogen-bond acceptors (Lipinski definition) is 5. The second-order valence-corrected chi connectivity index (χ2v) is 7.90. The molecule has 0 unspecified atom stereocenters. The summed E-state index contributed by atoms with van der Waals surface area (Å²) in [5, 5.41) is 23.9. The van der Waals surface area contributed by atoms with Gasteiger partial charge in [0.05, 0.1) is 12.1 Å². The normalized spacial score (nSPS) is 22.7. The van der Waals surface area contributed by atoms with Crippen LogP contribution in [-0.2, 0) is 9.59 Å². The quantitative estimate of drug-likeness (QED) is 0.428. The number of carbonyl (C=O) groups is 3. The highest BCUT2D eigenvalue weighted by atomic mass is 16.3. The molecule has 1 aromatic heterocycles. The van der Waals surface area contributed by atoms with Crippen molar-refractivity contribution in [2.24, 2.45) is 5.92 Å². The molecule has 1 aromatic carbocycles. The molecule has 0 radical (unpaired) electrons. The van der Waals surface area contributed by atoms with Crippen molar-refractivity contribution in [3.05, 3.63) is 47.7 Å². The number of aliphatic hydroxyl groups excluding tert-OH is 1. The van der Waals surface area contributed by atoms with Gasteiger partial charge in [-0.1, -0.05) is 29.8 Å². The molecule has 3 atom stereocenters. The Morgan fingerprint density at radius 1 is 1.19 bits per heavy atom. The van der Waals surface area contributed by atoms with Crippen LogP contribution in [0.25, 0.3) is 11.0 Å². The van der Waals surface area contributed by atoms with Crippen LogP contribution < -0.4 is 10.6 Å². The molecule has 2 aliphatic rings. The molecule has 0 saturated heterocycles. The molecular weight excluding hydrogens is 400 g/mol. The molecule has 2 aromatic rings. The lowest BCUT2D eigenvalue weighted by molar-refractivity contribution is -0.125. The fraction of sp³-hybridized carbons (Fsp3) is 0.435. The zero-order valence-electron chi connectivity index (χ0n) is 17.3. The number of allylic oxidation sites excluding steroid dienone is 1. The number of carboxylic acid groups (broad SMARTS) is 1. The lowest BCUT2D eigenvalue weighted by Gasteiger charge is -2.16. The maximum Gasteiger partial charge on any atom is 0.290 e. The number of aliphatic hydroxyl groups is 1. The van der Waals surface area contributed by atoms with Gasteiger partial charge in [-0.05, 0) is 50.7 Å². The number of carbonyl (C=O) groups excluding carboxylic acids is 2.